The molecule has 0 bridgehead atoms. The normalized spacial score (nSPS) is 11.8. The van der Waals surface area contributed by atoms with Crippen molar-refractivity contribution in [3.63, 3.8) is 0 Å². The highest BCUT2D eigenvalue weighted by Gasteiger charge is 2.19. The van der Waals surface area contributed by atoms with Crippen molar-refractivity contribution in [2.45, 2.75) is 18.1 Å². The van der Waals surface area contributed by atoms with E-state index in [0.717, 1.165) is 11.8 Å². The van der Waals surface area contributed by atoms with E-state index in [2.05, 4.69) is 20.8 Å². The lowest BCUT2D eigenvalue weighted by atomic mass is 10.2. The maximum atomic E-state index is 13.6. The molecule has 2 N–H and O–H groups in total. The number of thioether (sulfide) groups is 1. The molecule has 0 radical (unpaired) electrons. The molecule has 0 aliphatic carbocycles. The van der Waals surface area contributed by atoms with E-state index in [1.165, 1.54) is 18.2 Å². The summed E-state index contributed by atoms with van der Waals surface area (Å²) >= 11 is 13.0. The number of nitrogens with zero attached hydrogens (tertiary/aromatic N) is 3. The number of anilines is 1. The van der Waals surface area contributed by atoms with E-state index in [1.807, 2.05) is 0 Å². The third-order valence-electron chi connectivity index (χ3n) is 4.27. The molecule has 0 fully saturated rings. The van der Waals surface area contributed by atoms with Crippen LogP contribution in [-0.2, 0) is 11.8 Å². The van der Waals surface area contributed by atoms with Gasteiger partial charge < -0.3 is 15.2 Å². The van der Waals surface area contributed by atoms with E-state index >= 15 is 0 Å². The summed E-state index contributed by atoms with van der Waals surface area (Å²) in [6.07, 6.45) is 0. The fourth-order valence-corrected chi connectivity index (χ4v) is 3.71. The number of hydrogen-bond donors (Lipinski definition) is 2. The fraction of sp³-hybridized carbons (Fsp3) is 0.200. The van der Waals surface area contributed by atoms with E-state index in [-0.39, 0.29) is 28.3 Å². The van der Waals surface area contributed by atoms with Crippen LogP contribution in [0.25, 0.3) is 0 Å². The molecule has 31 heavy (non-hydrogen) atoms. The van der Waals surface area contributed by atoms with E-state index in [1.54, 1.807) is 42.8 Å². The average molecular weight is 482 g/mol. The molecule has 162 valence electrons. The summed E-state index contributed by atoms with van der Waals surface area (Å²) < 4.78 is 15.3. The first-order valence-electron chi connectivity index (χ1n) is 9.08. The van der Waals surface area contributed by atoms with Crippen LogP contribution in [0.4, 0.5) is 10.1 Å². The molecule has 1 aromatic heterocycles. The Hall–Kier alpha value is -2.62. The van der Waals surface area contributed by atoms with Gasteiger partial charge in [-0.1, -0.05) is 47.1 Å². The zero-order chi connectivity index (χ0) is 22.5. The van der Waals surface area contributed by atoms with Crippen molar-refractivity contribution in [3.05, 3.63) is 69.7 Å². The van der Waals surface area contributed by atoms with Gasteiger partial charge in [-0.05, 0) is 37.3 Å². The van der Waals surface area contributed by atoms with Crippen LogP contribution in [0.5, 0.6) is 0 Å². The number of carbonyl (C=O) groups is 2. The number of hydrogen-bond acceptors (Lipinski definition) is 5. The number of nitrogens with one attached hydrogen (secondary N) is 2. The van der Waals surface area contributed by atoms with Crippen molar-refractivity contribution < 1.29 is 14.0 Å². The third kappa shape index (κ3) is 5.75. The minimum atomic E-state index is -0.506. The van der Waals surface area contributed by atoms with Crippen LogP contribution in [-0.4, -0.2) is 32.3 Å². The molecule has 0 saturated carbocycles. The van der Waals surface area contributed by atoms with Crippen LogP contribution >= 0.6 is 35.0 Å². The largest absolute Gasteiger partial charge is 0.342 e. The smallest absolute Gasteiger partial charge is 0.251 e. The molecule has 1 atom stereocenters. The summed E-state index contributed by atoms with van der Waals surface area (Å²) in [4.78, 5) is 24.6. The van der Waals surface area contributed by atoms with Crippen LogP contribution in [0.3, 0.4) is 0 Å². The Bertz CT molecular complexity index is 1120. The molecule has 2 aromatic carbocycles. The van der Waals surface area contributed by atoms with Gasteiger partial charge in [-0.3, -0.25) is 9.59 Å². The van der Waals surface area contributed by atoms with Gasteiger partial charge in [-0.2, -0.15) is 0 Å². The van der Waals surface area contributed by atoms with Gasteiger partial charge in [0, 0.05) is 12.6 Å². The molecular formula is C20H18Cl2FN5O2S. The Morgan fingerprint density at radius 2 is 1.90 bits per heavy atom. The maximum absolute atomic E-state index is 13.6. The first-order valence-corrected chi connectivity index (χ1v) is 10.8. The Kier molecular flexibility index (Phi) is 7.53. The molecule has 2 amide bonds. The number of rotatable bonds is 7. The van der Waals surface area contributed by atoms with Gasteiger partial charge in [-0.25, -0.2) is 4.39 Å². The Balaban J connectivity index is 1.59. The minimum Gasteiger partial charge on any atom is -0.342 e. The number of carbonyl (C=O) groups excluding carboxylic acids is 2. The molecule has 3 rings (SSSR count). The van der Waals surface area contributed by atoms with Crippen LogP contribution in [0, 0.1) is 5.82 Å². The highest BCUT2D eigenvalue weighted by Crippen LogP contribution is 2.24. The van der Waals surface area contributed by atoms with Crippen molar-refractivity contribution in [2.24, 2.45) is 7.05 Å². The molecule has 0 unspecified atom stereocenters. The fourth-order valence-electron chi connectivity index (χ4n) is 2.69. The zero-order valence-corrected chi connectivity index (χ0v) is 18.9. The topological polar surface area (TPSA) is 88.9 Å². The van der Waals surface area contributed by atoms with Crippen molar-refractivity contribution in [1.29, 1.82) is 0 Å². The Morgan fingerprint density at radius 1 is 1.16 bits per heavy atom. The molecule has 0 aliphatic rings. The quantitative estimate of drug-likeness (QED) is 0.485. The lowest BCUT2D eigenvalue weighted by molar-refractivity contribution is -0.113. The minimum absolute atomic E-state index is 0.0182. The second-order valence-corrected chi connectivity index (χ2v) is 8.30. The van der Waals surface area contributed by atoms with Gasteiger partial charge in [0.15, 0.2) is 11.0 Å². The summed E-state index contributed by atoms with van der Waals surface area (Å²) in [5.41, 5.74) is 0.480. The lowest BCUT2D eigenvalue weighted by Gasteiger charge is -2.14. The summed E-state index contributed by atoms with van der Waals surface area (Å²) in [7, 11) is 1.73. The molecule has 0 saturated heterocycles. The van der Waals surface area contributed by atoms with Crippen LogP contribution in [0.15, 0.2) is 47.6 Å². The van der Waals surface area contributed by atoms with E-state index < -0.39 is 11.9 Å². The molecule has 11 heteroatoms. The zero-order valence-electron chi connectivity index (χ0n) is 16.5. The van der Waals surface area contributed by atoms with Crippen molar-refractivity contribution in [1.82, 2.24) is 20.1 Å². The van der Waals surface area contributed by atoms with E-state index in [9.17, 15) is 14.0 Å². The van der Waals surface area contributed by atoms with Gasteiger partial charge in [0.25, 0.3) is 5.91 Å². The van der Waals surface area contributed by atoms with Crippen LogP contribution in [0.1, 0.15) is 29.1 Å². The number of aromatic nitrogens is 3. The SMILES string of the molecule is C[C@H](NC(=O)c1ccc(Cl)c(Cl)c1)c1nnc(SCC(=O)Nc2ccccc2F)n1C. The van der Waals surface area contributed by atoms with Crippen molar-refractivity contribution in [2.75, 3.05) is 11.1 Å². The Labute approximate surface area is 192 Å². The number of benzene rings is 2. The molecule has 7 nitrogen and oxygen atoms in total. The third-order valence-corrected chi connectivity index (χ3v) is 6.02. The average Bonchev–Trinajstić information content (AvgIpc) is 3.10. The predicted octanol–water partition coefficient (Wildman–Crippen LogP) is 4.48. The van der Waals surface area contributed by atoms with Crippen molar-refractivity contribution >= 4 is 52.5 Å². The molecule has 0 spiro atoms. The van der Waals surface area contributed by atoms with Crippen molar-refractivity contribution in [3.8, 4) is 0 Å². The maximum Gasteiger partial charge on any atom is 0.251 e. The molecule has 0 aliphatic heterocycles. The second kappa shape index (κ2) is 10.1. The van der Waals surface area contributed by atoms with Gasteiger partial charge in [0.1, 0.15) is 5.82 Å². The highest BCUT2D eigenvalue weighted by molar-refractivity contribution is 7.99. The summed E-state index contributed by atoms with van der Waals surface area (Å²) in [5, 5.41) is 14.6. The molecular weight excluding hydrogens is 464 g/mol. The standard InChI is InChI=1S/C20H18Cl2FN5O2S/c1-11(24-19(30)12-7-8-13(21)14(22)9-12)18-26-27-20(28(18)2)31-10-17(29)25-16-6-4-3-5-15(16)23/h3-9,11H,10H2,1-2H3,(H,24,30)(H,25,29)/t11-/m0/s1. The molecule has 1 heterocycles. The van der Waals surface area contributed by atoms with Gasteiger partial charge in [0.05, 0.1) is 27.5 Å². The first kappa shape index (κ1) is 23.1. The van der Waals surface area contributed by atoms with Gasteiger partial charge in [-0.15, -0.1) is 10.2 Å². The van der Waals surface area contributed by atoms with Crippen LogP contribution in [0.2, 0.25) is 10.0 Å². The highest BCUT2D eigenvalue weighted by atomic mass is 35.5. The van der Waals surface area contributed by atoms with Gasteiger partial charge >= 0.3 is 0 Å². The number of amides is 2. The summed E-state index contributed by atoms with van der Waals surface area (Å²) in [6.45, 7) is 1.76. The predicted molar refractivity (Wildman–Crippen MR) is 119 cm³/mol. The van der Waals surface area contributed by atoms with E-state index in [4.69, 9.17) is 23.2 Å². The lowest BCUT2D eigenvalue weighted by Crippen LogP contribution is -2.28. The number of halogens is 3. The number of para-hydroxylation sites is 1. The van der Waals surface area contributed by atoms with E-state index in [0.29, 0.717) is 21.6 Å². The Morgan fingerprint density at radius 3 is 2.61 bits per heavy atom. The first-order chi connectivity index (χ1) is 14.8. The monoisotopic (exact) mass is 481 g/mol. The van der Waals surface area contributed by atoms with Gasteiger partial charge in [0.2, 0.25) is 5.91 Å². The summed E-state index contributed by atoms with van der Waals surface area (Å²) in [5.74, 6) is -0.698. The molecule has 3 aromatic rings. The van der Waals surface area contributed by atoms with Crippen LogP contribution < -0.4 is 10.6 Å². The summed E-state index contributed by atoms with van der Waals surface area (Å²) in [6, 6.07) is 10.1. The second-order valence-electron chi connectivity index (χ2n) is 6.54.